The number of nitrogens with one attached hydrogen (secondary N) is 1. The second kappa shape index (κ2) is 5.93. The Labute approximate surface area is 151 Å². The molecule has 7 heteroatoms. The van der Waals surface area contributed by atoms with Gasteiger partial charge in [-0.05, 0) is 48.8 Å². The third kappa shape index (κ3) is 3.09. The number of hydrogen-bond acceptors (Lipinski definition) is 5. The Kier molecular flexibility index (Phi) is 3.82. The highest BCUT2D eigenvalue weighted by Crippen LogP contribution is 2.35. The zero-order chi connectivity index (χ0) is 18.5. The number of carbonyl (C=O) groups excluding carboxylic acids is 2. The monoisotopic (exact) mass is 353 g/mol. The second-order valence-corrected chi connectivity index (χ2v) is 8.16. The number of nitrogens with two attached hydrogens (primary N) is 1. The first-order chi connectivity index (χ1) is 12.3. The lowest BCUT2D eigenvalue weighted by atomic mass is 9.77. The first-order valence-electron chi connectivity index (χ1n) is 9.00. The van der Waals surface area contributed by atoms with Crippen LogP contribution in [0.3, 0.4) is 0 Å². The molecule has 2 aliphatic carbocycles. The topological polar surface area (TPSA) is 103 Å². The number of aromatic nitrogens is 3. The van der Waals surface area contributed by atoms with Crippen molar-refractivity contribution >= 4 is 17.4 Å². The van der Waals surface area contributed by atoms with E-state index in [-0.39, 0.29) is 11.2 Å². The largest absolute Gasteiger partial charge is 0.384 e. The van der Waals surface area contributed by atoms with Gasteiger partial charge in [-0.25, -0.2) is 4.68 Å². The van der Waals surface area contributed by atoms with E-state index < -0.39 is 5.91 Å². The zero-order valence-corrected chi connectivity index (χ0v) is 15.1. The van der Waals surface area contributed by atoms with Gasteiger partial charge >= 0.3 is 0 Å². The van der Waals surface area contributed by atoms with Gasteiger partial charge in [-0.3, -0.25) is 9.59 Å². The molecule has 1 heterocycles. The Morgan fingerprint density at radius 1 is 1.35 bits per heavy atom. The number of anilines is 1. The molecule has 0 atom stereocenters. The van der Waals surface area contributed by atoms with Crippen LogP contribution < -0.4 is 11.1 Å². The van der Waals surface area contributed by atoms with Crippen molar-refractivity contribution in [3.05, 3.63) is 35.2 Å². The van der Waals surface area contributed by atoms with Crippen LogP contribution in [0, 0.1) is 11.3 Å². The van der Waals surface area contributed by atoms with Crippen LogP contribution in [0.25, 0.3) is 5.69 Å². The lowest BCUT2D eigenvalue weighted by Gasteiger charge is -2.28. The van der Waals surface area contributed by atoms with Crippen molar-refractivity contribution < 1.29 is 9.59 Å². The minimum Gasteiger partial charge on any atom is -0.384 e. The highest BCUT2D eigenvalue weighted by Gasteiger charge is 2.35. The summed E-state index contributed by atoms with van der Waals surface area (Å²) in [6.45, 7) is 4.97. The molecule has 2 aliphatic rings. The van der Waals surface area contributed by atoms with Gasteiger partial charge in [0.15, 0.2) is 11.5 Å². The number of benzene rings is 1. The van der Waals surface area contributed by atoms with Crippen LogP contribution in [0.1, 0.15) is 59.7 Å². The molecule has 136 valence electrons. The minimum atomic E-state index is -0.466. The molecule has 1 saturated carbocycles. The number of primary amides is 1. The Balaban J connectivity index is 1.73. The van der Waals surface area contributed by atoms with Crippen molar-refractivity contribution in [1.82, 2.24) is 15.0 Å². The molecule has 1 fully saturated rings. The summed E-state index contributed by atoms with van der Waals surface area (Å²) in [5.41, 5.74) is 8.60. The second-order valence-electron chi connectivity index (χ2n) is 8.16. The molecule has 0 saturated heterocycles. The summed E-state index contributed by atoms with van der Waals surface area (Å²) < 4.78 is 1.71. The van der Waals surface area contributed by atoms with Gasteiger partial charge in [0.2, 0.25) is 0 Å². The summed E-state index contributed by atoms with van der Waals surface area (Å²) in [5, 5.41) is 11.6. The molecule has 26 heavy (non-hydrogen) atoms. The standard InChI is InChI=1S/C19H23N5O2/c1-19(2)8-15-17(16(25)9-19)22-23-24(15)12-5-6-13(18(20)26)14(7-12)21-10-11-3-4-11/h5-7,11,21H,3-4,8-10H2,1-2H3,(H2,20,26). The summed E-state index contributed by atoms with van der Waals surface area (Å²) in [6, 6.07) is 5.36. The molecule has 2 aromatic rings. The van der Waals surface area contributed by atoms with Gasteiger partial charge < -0.3 is 11.1 Å². The van der Waals surface area contributed by atoms with Gasteiger partial charge in [0.1, 0.15) is 0 Å². The number of fused-ring (bicyclic) bond motifs is 1. The zero-order valence-electron chi connectivity index (χ0n) is 15.1. The van der Waals surface area contributed by atoms with Gasteiger partial charge in [-0.2, -0.15) is 0 Å². The van der Waals surface area contributed by atoms with Crippen molar-refractivity contribution in [2.75, 3.05) is 11.9 Å². The van der Waals surface area contributed by atoms with Crippen LogP contribution in [-0.2, 0) is 6.42 Å². The molecule has 0 bridgehead atoms. The number of hydrogen-bond donors (Lipinski definition) is 2. The number of nitrogens with zero attached hydrogens (tertiary/aromatic N) is 3. The number of rotatable bonds is 5. The first kappa shape index (κ1) is 16.8. The molecule has 4 rings (SSSR count). The van der Waals surface area contributed by atoms with E-state index in [9.17, 15) is 9.59 Å². The summed E-state index contributed by atoms with van der Waals surface area (Å²) in [5.74, 6) is 0.229. The summed E-state index contributed by atoms with van der Waals surface area (Å²) in [4.78, 5) is 24.1. The minimum absolute atomic E-state index is 0.0309. The maximum Gasteiger partial charge on any atom is 0.250 e. The Bertz CT molecular complexity index is 895. The predicted molar refractivity (Wildman–Crippen MR) is 97.5 cm³/mol. The first-order valence-corrected chi connectivity index (χ1v) is 9.00. The van der Waals surface area contributed by atoms with Crippen LogP contribution >= 0.6 is 0 Å². The van der Waals surface area contributed by atoms with Crippen LogP contribution in [0.5, 0.6) is 0 Å². The Morgan fingerprint density at radius 2 is 2.12 bits per heavy atom. The van der Waals surface area contributed by atoms with Gasteiger partial charge in [0.25, 0.3) is 5.91 Å². The number of amides is 1. The van der Waals surface area contributed by atoms with Gasteiger partial charge in [-0.1, -0.05) is 19.1 Å². The maximum atomic E-state index is 12.4. The van der Waals surface area contributed by atoms with Gasteiger partial charge in [0, 0.05) is 18.7 Å². The van der Waals surface area contributed by atoms with Crippen LogP contribution in [0.4, 0.5) is 5.69 Å². The molecular formula is C19H23N5O2. The van der Waals surface area contributed by atoms with Crippen LogP contribution in [0.2, 0.25) is 0 Å². The average Bonchev–Trinajstić information content (AvgIpc) is 3.30. The normalized spacial score (nSPS) is 18.5. The number of carbonyl (C=O) groups is 2. The molecule has 3 N–H and O–H groups in total. The van der Waals surface area contributed by atoms with Crippen molar-refractivity contribution in [2.24, 2.45) is 17.1 Å². The van der Waals surface area contributed by atoms with Crippen molar-refractivity contribution in [1.29, 1.82) is 0 Å². The fourth-order valence-corrected chi connectivity index (χ4v) is 3.52. The van der Waals surface area contributed by atoms with E-state index in [1.807, 2.05) is 6.07 Å². The molecule has 0 spiro atoms. The highest BCUT2D eigenvalue weighted by atomic mass is 16.1. The molecule has 0 unspecified atom stereocenters. The van der Waals surface area contributed by atoms with Crippen LogP contribution in [-0.4, -0.2) is 33.2 Å². The fraction of sp³-hybridized carbons (Fsp3) is 0.474. The lowest BCUT2D eigenvalue weighted by molar-refractivity contribution is 0.0905. The van der Waals surface area contributed by atoms with Crippen LogP contribution in [0.15, 0.2) is 18.2 Å². The third-order valence-corrected chi connectivity index (χ3v) is 5.10. The van der Waals surface area contributed by atoms with Crippen molar-refractivity contribution in [3.8, 4) is 5.69 Å². The summed E-state index contributed by atoms with van der Waals surface area (Å²) in [7, 11) is 0. The molecule has 0 aliphatic heterocycles. The molecule has 0 radical (unpaired) electrons. The quantitative estimate of drug-likeness (QED) is 0.859. The van der Waals surface area contributed by atoms with Crippen molar-refractivity contribution in [2.45, 2.75) is 39.5 Å². The van der Waals surface area contributed by atoms with Crippen molar-refractivity contribution in [3.63, 3.8) is 0 Å². The Hall–Kier alpha value is -2.70. The predicted octanol–water partition coefficient (Wildman–Crippen LogP) is 2.34. The SMILES string of the molecule is CC1(C)CC(=O)c2nnn(-c3ccc(C(N)=O)c(NCC4CC4)c3)c2C1. The summed E-state index contributed by atoms with van der Waals surface area (Å²) in [6.07, 6.45) is 3.63. The average molecular weight is 353 g/mol. The highest BCUT2D eigenvalue weighted by molar-refractivity contribution is 5.99. The van der Waals surface area contributed by atoms with E-state index in [0.29, 0.717) is 29.3 Å². The lowest BCUT2D eigenvalue weighted by Crippen LogP contribution is -2.28. The number of ketones is 1. The number of Topliss-reactive ketones (excluding diaryl/α,β-unsaturated/α-hetero) is 1. The fourth-order valence-electron chi connectivity index (χ4n) is 3.52. The van der Waals surface area contributed by atoms with E-state index in [1.54, 1.807) is 16.8 Å². The van der Waals surface area contributed by atoms with E-state index in [1.165, 1.54) is 12.8 Å². The van der Waals surface area contributed by atoms with Gasteiger partial charge in [-0.15, -0.1) is 5.10 Å². The van der Waals surface area contributed by atoms with E-state index in [4.69, 9.17) is 5.73 Å². The molecular weight excluding hydrogens is 330 g/mol. The van der Waals surface area contributed by atoms with E-state index in [2.05, 4.69) is 29.5 Å². The van der Waals surface area contributed by atoms with Gasteiger partial charge in [0.05, 0.1) is 16.9 Å². The third-order valence-electron chi connectivity index (χ3n) is 5.10. The molecule has 1 amide bonds. The summed E-state index contributed by atoms with van der Waals surface area (Å²) >= 11 is 0. The maximum absolute atomic E-state index is 12.4. The van der Waals surface area contributed by atoms with E-state index in [0.717, 1.165) is 24.3 Å². The van der Waals surface area contributed by atoms with E-state index >= 15 is 0 Å². The smallest absolute Gasteiger partial charge is 0.250 e. The molecule has 7 nitrogen and oxygen atoms in total. The Morgan fingerprint density at radius 3 is 2.81 bits per heavy atom. The molecule has 1 aromatic carbocycles. The molecule has 1 aromatic heterocycles.